The van der Waals surface area contributed by atoms with Gasteiger partial charge in [-0.05, 0) is 12.1 Å². The van der Waals surface area contributed by atoms with Gasteiger partial charge in [0.05, 0.1) is 0 Å². The van der Waals surface area contributed by atoms with Crippen LogP contribution in [0.5, 0.6) is 0 Å². The highest BCUT2D eigenvalue weighted by molar-refractivity contribution is 6.76. The number of rotatable bonds is 6. The maximum Gasteiger partial charge on any atom is 0.156 e. The van der Waals surface area contributed by atoms with Gasteiger partial charge in [-0.15, -0.1) is 0 Å². The monoisotopic (exact) mass is 311 g/mol. The topological polar surface area (TPSA) is 57.0 Å². The number of carbonyl (C=O) groups excluding carboxylic acids is 1. The molecule has 7 heteroatoms. The van der Waals surface area contributed by atoms with E-state index in [0.717, 1.165) is 12.3 Å². The third kappa shape index (κ3) is 3.44. The molecule has 0 saturated carbocycles. The molecule has 108 valence electrons. The molecule has 0 saturated heterocycles. The third-order valence-electron chi connectivity index (χ3n) is 2.94. The lowest BCUT2D eigenvalue weighted by atomic mass is 10.2. The van der Waals surface area contributed by atoms with Crippen LogP contribution in [0.15, 0.2) is 12.3 Å². The minimum atomic E-state index is -1.10. The van der Waals surface area contributed by atoms with Crippen molar-refractivity contribution in [3.63, 3.8) is 0 Å². The van der Waals surface area contributed by atoms with Crippen LogP contribution in [-0.2, 0) is 11.5 Å². The van der Waals surface area contributed by atoms with Crippen LogP contribution in [0.25, 0.3) is 11.0 Å². The zero-order chi connectivity index (χ0) is 14.8. The molecule has 0 aliphatic rings. The van der Waals surface area contributed by atoms with Crippen LogP contribution >= 0.6 is 11.6 Å². The Hall–Kier alpha value is -1.24. The Morgan fingerprint density at radius 2 is 2.15 bits per heavy atom. The highest BCUT2D eigenvalue weighted by Gasteiger charge is 2.15. The lowest BCUT2D eigenvalue weighted by molar-refractivity contribution is 0.0792. The van der Waals surface area contributed by atoms with Crippen molar-refractivity contribution in [2.45, 2.75) is 32.4 Å². The Morgan fingerprint density at radius 1 is 1.40 bits per heavy atom. The van der Waals surface area contributed by atoms with Crippen LogP contribution in [0.3, 0.4) is 0 Å². The zero-order valence-corrected chi connectivity index (χ0v) is 13.6. The molecule has 2 rings (SSSR count). The summed E-state index contributed by atoms with van der Waals surface area (Å²) in [6.45, 7) is 7.86. The standard InChI is InChI=1S/C13H18ClN3O2Si/c1-20(2,3)7-6-19-9-17-13(14)12-11(16-17)10(8-18)4-5-15-12/h4-5,8H,6-7,9H2,1-3H3. The van der Waals surface area contributed by atoms with E-state index in [1.807, 2.05) is 0 Å². The number of hydrogen-bond donors (Lipinski definition) is 0. The summed E-state index contributed by atoms with van der Waals surface area (Å²) in [6.07, 6.45) is 2.31. The number of hydrogen-bond acceptors (Lipinski definition) is 4. The van der Waals surface area contributed by atoms with Gasteiger partial charge >= 0.3 is 0 Å². The number of carbonyl (C=O) groups is 1. The molecule has 0 bridgehead atoms. The van der Waals surface area contributed by atoms with E-state index in [9.17, 15) is 4.79 Å². The number of halogens is 1. The van der Waals surface area contributed by atoms with Crippen LogP contribution in [0.4, 0.5) is 0 Å². The van der Waals surface area contributed by atoms with E-state index in [-0.39, 0.29) is 6.73 Å². The molecule has 0 radical (unpaired) electrons. The van der Waals surface area contributed by atoms with Gasteiger partial charge in [-0.25, -0.2) is 4.68 Å². The summed E-state index contributed by atoms with van der Waals surface area (Å²) in [5, 5.41) is 4.69. The van der Waals surface area contributed by atoms with Gasteiger partial charge in [-0.2, -0.15) is 5.10 Å². The Labute approximate surface area is 123 Å². The van der Waals surface area contributed by atoms with Crippen LogP contribution in [0.2, 0.25) is 30.8 Å². The molecule has 0 aromatic carbocycles. The maximum atomic E-state index is 11.0. The van der Waals surface area contributed by atoms with Gasteiger partial charge in [0.25, 0.3) is 0 Å². The number of pyridine rings is 1. The van der Waals surface area contributed by atoms with E-state index in [0.29, 0.717) is 28.4 Å². The molecule has 2 heterocycles. The van der Waals surface area contributed by atoms with Crippen LogP contribution in [0.1, 0.15) is 10.4 Å². The Kier molecular flexibility index (Phi) is 4.57. The fourth-order valence-corrected chi connectivity index (χ4v) is 2.70. The van der Waals surface area contributed by atoms with Crippen LogP contribution in [0, 0.1) is 0 Å². The van der Waals surface area contributed by atoms with Gasteiger partial charge in [-0.3, -0.25) is 9.78 Å². The fraction of sp³-hybridized carbons (Fsp3) is 0.462. The van der Waals surface area contributed by atoms with Crippen molar-refractivity contribution in [2.24, 2.45) is 0 Å². The average Bonchev–Trinajstić information content (AvgIpc) is 2.71. The summed E-state index contributed by atoms with van der Waals surface area (Å²) in [7, 11) is -1.10. The second kappa shape index (κ2) is 6.03. The second-order valence-electron chi connectivity index (χ2n) is 5.85. The zero-order valence-electron chi connectivity index (χ0n) is 11.9. The van der Waals surface area contributed by atoms with Crippen LogP contribution in [-0.4, -0.2) is 35.7 Å². The highest BCUT2D eigenvalue weighted by Crippen LogP contribution is 2.23. The van der Waals surface area contributed by atoms with Gasteiger partial charge in [-0.1, -0.05) is 31.2 Å². The summed E-state index contributed by atoms with van der Waals surface area (Å²) in [4.78, 5) is 15.1. The Morgan fingerprint density at radius 3 is 2.80 bits per heavy atom. The van der Waals surface area contributed by atoms with Crippen LogP contribution < -0.4 is 0 Å². The van der Waals surface area contributed by atoms with Crippen molar-refractivity contribution in [1.29, 1.82) is 0 Å². The van der Waals surface area contributed by atoms with E-state index >= 15 is 0 Å². The predicted molar refractivity (Wildman–Crippen MR) is 82.0 cm³/mol. The van der Waals surface area contributed by atoms with E-state index in [1.165, 1.54) is 4.68 Å². The summed E-state index contributed by atoms with van der Waals surface area (Å²) in [5.41, 5.74) is 1.53. The van der Waals surface area contributed by atoms with Crippen molar-refractivity contribution >= 4 is 37.0 Å². The number of aldehydes is 1. The number of ether oxygens (including phenoxy) is 1. The van der Waals surface area contributed by atoms with Crippen molar-refractivity contribution in [3.8, 4) is 0 Å². The molecule has 2 aromatic heterocycles. The fourth-order valence-electron chi connectivity index (χ4n) is 1.72. The summed E-state index contributed by atoms with van der Waals surface area (Å²) in [6, 6.07) is 2.71. The van der Waals surface area contributed by atoms with Gasteiger partial charge in [0, 0.05) is 26.4 Å². The van der Waals surface area contributed by atoms with Crippen molar-refractivity contribution < 1.29 is 9.53 Å². The molecule has 0 aliphatic heterocycles. The second-order valence-corrected chi connectivity index (χ2v) is 11.8. The summed E-state index contributed by atoms with van der Waals surface area (Å²) >= 11 is 6.21. The first-order valence-electron chi connectivity index (χ1n) is 6.46. The number of nitrogens with zero attached hydrogens (tertiary/aromatic N) is 3. The molecular weight excluding hydrogens is 294 g/mol. The lowest BCUT2D eigenvalue weighted by Crippen LogP contribution is -2.22. The first kappa shape index (κ1) is 15.2. The maximum absolute atomic E-state index is 11.0. The van der Waals surface area contributed by atoms with E-state index in [1.54, 1.807) is 12.3 Å². The first-order valence-corrected chi connectivity index (χ1v) is 10.5. The molecular formula is C13H18ClN3O2Si. The number of aromatic nitrogens is 3. The van der Waals surface area contributed by atoms with Crippen molar-refractivity contribution in [3.05, 3.63) is 23.0 Å². The minimum absolute atomic E-state index is 0.276. The van der Waals surface area contributed by atoms with E-state index in [4.69, 9.17) is 16.3 Å². The lowest BCUT2D eigenvalue weighted by Gasteiger charge is -2.15. The average molecular weight is 312 g/mol. The van der Waals surface area contributed by atoms with E-state index in [2.05, 4.69) is 29.7 Å². The van der Waals surface area contributed by atoms with Gasteiger partial charge < -0.3 is 4.74 Å². The molecule has 0 aliphatic carbocycles. The molecule has 0 fully saturated rings. The molecule has 2 aromatic rings. The predicted octanol–water partition coefficient (Wildman–Crippen LogP) is 3.21. The Bertz CT molecular complexity index is 622. The first-order chi connectivity index (χ1) is 9.42. The van der Waals surface area contributed by atoms with E-state index < -0.39 is 8.07 Å². The molecule has 5 nitrogen and oxygen atoms in total. The molecule has 0 N–H and O–H groups in total. The molecule has 0 amide bonds. The normalized spacial score (nSPS) is 12.0. The minimum Gasteiger partial charge on any atom is -0.359 e. The third-order valence-corrected chi connectivity index (χ3v) is 5.01. The van der Waals surface area contributed by atoms with Crippen molar-refractivity contribution in [1.82, 2.24) is 14.8 Å². The van der Waals surface area contributed by atoms with Gasteiger partial charge in [0.2, 0.25) is 0 Å². The Balaban J connectivity index is 2.11. The summed E-state index contributed by atoms with van der Waals surface area (Å²) < 4.78 is 7.15. The largest absolute Gasteiger partial charge is 0.359 e. The summed E-state index contributed by atoms with van der Waals surface area (Å²) in [5.74, 6) is 0. The SMILES string of the molecule is C[Si](C)(C)CCOCn1nc2c(C=O)ccnc2c1Cl. The van der Waals surface area contributed by atoms with Gasteiger partial charge in [0.1, 0.15) is 17.8 Å². The molecule has 0 atom stereocenters. The number of fused-ring (bicyclic) bond motifs is 1. The van der Waals surface area contributed by atoms with Gasteiger partial charge in [0.15, 0.2) is 11.4 Å². The molecule has 20 heavy (non-hydrogen) atoms. The van der Waals surface area contributed by atoms with Crippen molar-refractivity contribution in [2.75, 3.05) is 6.61 Å². The molecule has 0 unspecified atom stereocenters. The quantitative estimate of drug-likeness (QED) is 0.467. The highest BCUT2D eigenvalue weighted by atomic mass is 35.5. The smallest absolute Gasteiger partial charge is 0.156 e. The molecule has 0 spiro atoms.